The minimum Gasteiger partial charge on any atom is -0.362 e. The second-order valence-electron chi connectivity index (χ2n) is 6.50. The number of benzene rings is 2. The number of nitrogens with one attached hydrogen (secondary N) is 1. The first-order valence-electron chi connectivity index (χ1n) is 8.38. The van der Waals surface area contributed by atoms with Crippen LogP contribution in [0, 0.1) is 0 Å². The summed E-state index contributed by atoms with van der Waals surface area (Å²) in [6, 6.07) is 12.2. The standard InChI is InChI=1S/C19H17F3N2OS/c20-19(21,22)13-4-3-5-14(12-13)24-17(25)15-6-1-2-7-16(15)23-18(24)8-10-26-11-9-18/h1-7,12,23H,8-11H2. The SMILES string of the molecule is O=C1c2ccccc2NC2(CCSCC2)N1c1cccc(C(F)(F)F)c1. The fourth-order valence-electron chi connectivity index (χ4n) is 3.64. The highest BCUT2D eigenvalue weighted by atomic mass is 32.2. The van der Waals surface area contributed by atoms with Gasteiger partial charge in [-0.05, 0) is 54.7 Å². The lowest BCUT2D eigenvalue weighted by molar-refractivity contribution is -0.137. The van der Waals surface area contributed by atoms with Gasteiger partial charge in [0.2, 0.25) is 0 Å². The van der Waals surface area contributed by atoms with E-state index in [4.69, 9.17) is 0 Å². The number of rotatable bonds is 1. The van der Waals surface area contributed by atoms with Gasteiger partial charge in [0, 0.05) is 11.4 Å². The highest BCUT2D eigenvalue weighted by Gasteiger charge is 2.46. The molecule has 1 amide bonds. The van der Waals surface area contributed by atoms with Crippen molar-refractivity contribution in [1.29, 1.82) is 0 Å². The molecule has 7 heteroatoms. The van der Waals surface area contributed by atoms with Crippen molar-refractivity contribution >= 4 is 29.0 Å². The van der Waals surface area contributed by atoms with Crippen molar-refractivity contribution in [3.05, 3.63) is 59.7 Å². The molecule has 0 atom stereocenters. The summed E-state index contributed by atoms with van der Waals surface area (Å²) >= 11 is 1.79. The molecule has 2 aliphatic heterocycles. The fourth-order valence-corrected chi connectivity index (χ4v) is 4.81. The Labute approximate surface area is 153 Å². The molecule has 136 valence electrons. The zero-order valence-corrected chi connectivity index (χ0v) is 14.7. The lowest BCUT2D eigenvalue weighted by Gasteiger charge is -2.50. The molecular formula is C19H17F3N2OS. The number of thioether (sulfide) groups is 1. The number of alkyl halides is 3. The smallest absolute Gasteiger partial charge is 0.362 e. The molecule has 3 nitrogen and oxygen atoms in total. The van der Waals surface area contributed by atoms with Crippen molar-refractivity contribution in [2.75, 3.05) is 21.7 Å². The van der Waals surface area contributed by atoms with Gasteiger partial charge in [0.1, 0.15) is 5.66 Å². The van der Waals surface area contributed by atoms with Gasteiger partial charge in [0.05, 0.1) is 11.1 Å². The Balaban J connectivity index is 1.85. The number of hydrogen-bond acceptors (Lipinski definition) is 3. The second-order valence-corrected chi connectivity index (χ2v) is 7.73. The van der Waals surface area contributed by atoms with Crippen LogP contribution in [0.2, 0.25) is 0 Å². The van der Waals surface area contributed by atoms with Gasteiger partial charge < -0.3 is 5.32 Å². The second kappa shape index (κ2) is 6.23. The lowest BCUT2D eigenvalue weighted by atomic mass is 9.93. The molecule has 0 aromatic heterocycles. The van der Waals surface area contributed by atoms with E-state index in [1.54, 1.807) is 30.0 Å². The number of para-hydroxylation sites is 1. The van der Waals surface area contributed by atoms with E-state index in [0.717, 1.165) is 29.3 Å². The minimum atomic E-state index is -4.45. The maximum absolute atomic E-state index is 13.2. The van der Waals surface area contributed by atoms with Crippen molar-refractivity contribution < 1.29 is 18.0 Å². The van der Waals surface area contributed by atoms with E-state index in [-0.39, 0.29) is 11.6 Å². The number of nitrogens with zero attached hydrogens (tertiary/aromatic N) is 1. The van der Waals surface area contributed by atoms with Gasteiger partial charge >= 0.3 is 6.18 Å². The van der Waals surface area contributed by atoms with E-state index in [9.17, 15) is 18.0 Å². The summed E-state index contributed by atoms with van der Waals surface area (Å²) in [6.07, 6.45) is -3.10. The van der Waals surface area contributed by atoms with Crippen LogP contribution < -0.4 is 10.2 Å². The van der Waals surface area contributed by atoms with Crippen LogP contribution in [0.3, 0.4) is 0 Å². The van der Waals surface area contributed by atoms with Crippen LogP contribution in [0.4, 0.5) is 24.5 Å². The molecule has 1 saturated heterocycles. The summed E-state index contributed by atoms with van der Waals surface area (Å²) in [4.78, 5) is 14.8. The first kappa shape index (κ1) is 17.3. The van der Waals surface area contributed by atoms with Gasteiger partial charge in [0.15, 0.2) is 0 Å². The number of fused-ring (bicyclic) bond motifs is 1. The lowest BCUT2D eigenvalue weighted by Crippen LogP contribution is -2.62. The molecule has 2 aromatic carbocycles. The zero-order chi connectivity index (χ0) is 18.4. The molecule has 2 heterocycles. The van der Waals surface area contributed by atoms with Crippen molar-refractivity contribution in [1.82, 2.24) is 0 Å². The number of carbonyl (C=O) groups is 1. The van der Waals surface area contributed by atoms with Crippen LogP contribution in [0.5, 0.6) is 0 Å². The average Bonchev–Trinajstić information content (AvgIpc) is 2.62. The summed E-state index contributed by atoms with van der Waals surface area (Å²) in [5.74, 6) is 1.43. The monoisotopic (exact) mass is 378 g/mol. The van der Waals surface area contributed by atoms with Gasteiger partial charge in [-0.3, -0.25) is 9.69 Å². The number of halogens is 3. The van der Waals surface area contributed by atoms with Crippen molar-refractivity contribution in [3.8, 4) is 0 Å². The molecular weight excluding hydrogens is 361 g/mol. The molecule has 0 unspecified atom stereocenters. The third kappa shape index (κ3) is 2.84. The predicted octanol–water partition coefficient (Wildman–Crippen LogP) is 5.00. The van der Waals surface area contributed by atoms with Crippen LogP contribution in [0.15, 0.2) is 48.5 Å². The van der Waals surface area contributed by atoms with E-state index >= 15 is 0 Å². The van der Waals surface area contributed by atoms with E-state index in [1.165, 1.54) is 11.0 Å². The van der Waals surface area contributed by atoms with E-state index < -0.39 is 17.4 Å². The Morgan fingerprint density at radius 1 is 1.04 bits per heavy atom. The Kier molecular flexibility index (Phi) is 4.14. The van der Waals surface area contributed by atoms with Gasteiger partial charge in [-0.25, -0.2) is 0 Å². The van der Waals surface area contributed by atoms with E-state index in [2.05, 4.69) is 5.32 Å². The largest absolute Gasteiger partial charge is 0.416 e. The maximum atomic E-state index is 13.2. The normalized spacial score (nSPS) is 19.2. The van der Waals surface area contributed by atoms with Gasteiger partial charge in [-0.1, -0.05) is 18.2 Å². The highest BCUT2D eigenvalue weighted by molar-refractivity contribution is 7.99. The summed E-state index contributed by atoms with van der Waals surface area (Å²) < 4.78 is 39.5. The molecule has 26 heavy (non-hydrogen) atoms. The predicted molar refractivity (Wildman–Crippen MR) is 97.6 cm³/mol. The summed E-state index contributed by atoms with van der Waals surface area (Å²) in [5.41, 5.74) is 0.0584. The molecule has 4 rings (SSSR count). The number of anilines is 2. The maximum Gasteiger partial charge on any atom is 0.416 e. The molecule has 2 aromatic rings. The van der Waals surface area contributed by atoms with E-state index in [1.807, 2.05) is 12.1 Å². The molecule has 0 radical (unpaired) electrons. The summed E-state index contributed by atoms with van der Waals surface area (Å²) in [5, 5.41) is 3.46. The van der Waals surface area contributed by atoms with Gasteiger partial charge in [-0.2, -0.15) is 24.9 Å². The molecule has 0 saturated carbocycles. The summed E-state index contributed by atoms with van der Waals surface area (Å²) in [6.45, 7) is 0. The Morgan fingerprint density at radius 2 is 1.77 bits per heavy atom. The van der Waals surface area contributed by atoms with Crippen LogP contribution >= 0.6 is 11.8 Å². The van der Waals surface area contributed by atoms with Crippen molar-refractivity contribution in [3.63, 3.8) is 0 Å². The molecule has 1 N–H and O–H groups in total. The minimum absolute atomic E-state index is 0.259. The third-order valence-electron chi connectivity index (χ3n) is 4.91. The Hall–Kier alpha value is -2.15. The first-order chi connectivity index (χ1) is 12.4. The Morgan fingerprint density at radius 3 is 2.50 bits per heavy atom. The topological polar surface area (TPSA) is 32.3 Å². The highest BCUT2D eigenvalue weighted by Crippen LogP contribution is 2.43. The number of amides is 1. The number of hydrogen-bond donors (Lipinski definition) is 1. The molecule has 2 aliphatic rings. The fraction of sp³-hybridized carbons (Fsp3) is 0.316. The quantitative estimate of drug-likeness (QED) is 0.758. The van der Waals surface area contributed by atoms with Crippen LogP contribution in [-0.2, 0) is 6.18 Å². The molecule has 0 aliphatic carbocycles. The van der Waals surface area contributed by atoms with Crippen LogP contribution in [0.25, 0.3) is 0 Å². The number of carbonyl (C=O) groups excluding carboxylic acids is 1. The van der Waals surface area contributed by atoms with Crippen LogP contribution in [-0.4, -0.2) is 23.1 Å². The molecule has 1 spiro atoms. The third-order valence-corrected chi connectivity index (χ3v) is 5.89. The van der Waals surface area contributed by atoms with E-state index in [0.29, 0.717) is 18.4 Å². The Bertz CT molecular complexity index is 847. The van der Waals surface area contributed by atoms with Crippen LogP contribution in [0.1, 0.15) is 28.8 Å². The molecule has 1 fully saturated rings. The van der Waals surface area contributed by atoms with Gasteiger partial charge in [0.25, 0.3) is 5.91 Å². The van der Waals surface area contributed by atoms with Gasteiger partial charge in [-0.15, -0.1) is 0 Å². The summed E-state index contributed by atoms with van der Waals surface area (Å²) in [7, 11) is 0. The van der Waals surface area contributed by atoms with Crippen molar-refractivity contribution in [2.45, 2.75) is 24.7 Å². The average molecular weight is 378 g/mol. The first-order valence-corrected chi connectivity index (χ1v) is 9.53. The molecule has 0 bridgehead atoms. The van der Waals surface area contributed by atoms with Crippen molar-refractivity contribution in [2.24, 2.45) is 0 Å². The zero-order valence-electron chi connectivity index (χ0n) is 13.8.